The Morgan fingerprint density at radius 3 is 2.95 bits per heavy atom. The molecule has 0 aliphatic heterocycles. The SMILES string of the molecule is Cc1noc(CCNc2cc(Cl)ccc2[N+](=O)[O-])n1. The third kappa shape index (κ3) is 3.41. The van der Waals surface area contributed by atoms with Crippen LogP contribution in [0.4, 0.5) is 11.4 Å². The predicted octanol–water partition coefficient (Wildman–Crippen LogP) is 2.59. The first kappa shape index (κ1) is 13.3. The van der Waals surface area contributed by atoms with Gasteiger partial charge in [-0.1, -0.05) is 16.8 Å². The fourth-order valence-electron chi connectivity index (χ4n) is 1.55. The van der Waals surface area contributed by atoms with Crippen molar-refractivity contribution in [3.8, 4) is 0 Å². The number of aryl methyl sites for hydroxylation is 1. The normalized spacial score (nSPS) is 10.4. The molecule has 1 aromatic carbocycles. The highest BCUT2D eigenvalue weighted by Gasteiger charge is 2.13. The largest absolute Gasteiger partial charge is 0.379 e. The molecule has 7 nitrogen and oxygen atoms in total. The van der Waals surface area contributed by atoms with Crippen molar-refractivity contribution in [3.63, 3.8) is 0 Å². The summed E-state index contributed by atoms with van der Waals surface area (Å²) in [5.74, 6) is 1.04. The van der Waals surface area contributed by atoms with E-state index in [0.717, 1.165) is 0 Å². The smallest absolute Gasteiger partial charge is 0.292 e. The summed E-state index contributed by atoms with van der Waals surface area (Å²) in [5.41, 5.74) is 0.347. The lowest BCUT2D eigenvalue weighted by molar-refractivity contribution is -0.384. The zero-order chi connectivity index (χ0) is 13.8. The monoisotopic (exact) mass is 282 g/mol. The molecule has 0 radical (unpaired) electrons. The molecule has 0 aliphatic rings. The van der Waals surface area contributed by atoms with Gasteiger partial charge in [-0.3, -0.25) is 10.1 Å². The second-order valence-corrected chi connectivity index (χ2v) is 4.27. The minimum Gasteiger partial charge on any atom is -0.379 e. The van der Waals surface area contributed by atoms with Crippen molar-refractivity contribution in [2.45, 2.75) is 13.3 Å². The molecule has 0 fully saturated rings. The van der Waals surface area contributed by atoms with Crippen LogP contribution in [-0.4, -0.2) is 21.6 Å². The van der Waals surface area contributed by atoms with Gasteiger partial charge in [0.25, 0.3) is 5.69 Å². The minimum absolute atomic E-state index is 0.0221. The maximum atomic E-state index is 10.9. The number of nitro benzene ring substituents is 1. The molecular formula is C11H11ClN4O3. The van der Waals surface area contributed by atoms with Gasteiger partial charge in [-0.05, 0) is 19.1 Å². The summed E-state index contributed by atoms with van der Waals surface area (Å²) in [4.78, 5) is 14.4. The standard InChI is InChI=1S/C11H11ClN4O3/c1-7-14-11(19-15-7)4-5-13-9-6-8(12)2-3-10(9)16(17)18/h2-3,6,13H,4-5H2,1H3. The van der Waals surface area contributed by atoms with Crippen LogP contribution in [0, 0.1) is 17.0 Å². The Labute approximate surface area is 113 Å². The average molecular weight is 283 g/mol. The van der Waals surface area contributed by atoms with Gasteiger partial charge in [0.1, 0.15) is 5.69 Å². The molecule has 8 heteroatoms. The summed E-state index contributed by atoms with van der Waals surface area (Å²) in [6, 6.07) is 4.35. The van der Waals surface area contributed by atoms with E-state index < -0.39 is 4.92 Å². The number of anilines is 1. The second-order valence-electron chi connectivity index (χ2n) is 3.83. The molecule has 1 N–H and O–H groups in total. The first-order valence-electron chi connectivity index (χ1n) is 5.53. The van der Waals surface area contributed by atoms with E-state index in [2.05, 4.69) is 15.5 Å². The number of hydrogen-bond donors (Lipinski definition) is 1. The van der Waals surface area contributed by atoms with Gasteiger partial charge in [-0.25, -0.2) is 0 Å². The quantitative estimate of drug-likeness (QED) is 0.669. The number of halogens is 1. The number of rotatable bonds is 5. The van der Waals surface area contributed by atoms with E-state index in [1.165, 1.54) is 18.2 Å². The van der Waals surface area contributed by atoms with E-state index in [-0.39, 0.29) is 5.69 Å². The summed E-state index contributed by atoms with van der Waals surface area (Å²) < 4.78 is 4.94. The predicted molar refractivity (Wildman–Crippen MR) is 69.3 cm³/mol. The van der Waals surface area contributed by atoms with Crippen LogP contribution >= 0.6 is 11.6 Å². The molecule has 0 saturated carbocycles. The molecule has 0 amide bonds. The van der Waals surface area contributed by atoms with Gasteiger partial charge in [-0.15, -0.1) is 0 Å². The van der Waals surface area contributed by atoms with E-state index in [0.29, 0.717) is 35.4 Å². The zero-order valence-electron chi connectivity index (χ0n) is 10.1. The molecule has 0 bridgehead atoms. The summed E-state index contributed by atoms with van der Waals surface area (Å²) in [5, 5.41) is 17.9. The van der Waals surface area contributed by atoms with Crippen molar-refractivity contribution in [1.82, 2.24) is 10.1 Å². The highest BCUT2D eigenvalue weighted by molar-refractivity contribution is 6.31. The lowest BCUT2D eigenvalue weighted by atomic mass is 10.2. The van der Waals surface area contributed by atoms with Gasteiger partial charge < -0.3 is 9.84 Å². The molecular weight excluding hydrogens is 272 g/mol. The molecule has 1 heterocycles. The first-order valence-corrected chi connectivity index (χ1v) is 5.91. The van der Waals surface area contributed by atoms with E-state index in [1.54, 1.807) is 6.92 Å². The summed E-state index contributed by atoms with van der Waals surface area (Å²) in [6.07, 6.45) is 0.477. The lowest BCUT2D eigenvalue weighted by Gasteiger charge is -2.05. The van der Waals surface area contributed by atoms with E-state index in [9.17, 15) is 10.1 Å². The highest BCUT2D eigenvalue weighted by atomic mass is 35.5. The lowest BCUT2D eigenvalue weighted by Crippen LogP contribution is -2.07. The number of nitrogens with one attached hydrogen (secondary N) is 1. The molecule has 0 spiro atoms. The van der Waals surface area contributed by atoms with Crippen LogP contribution in [-0.2, 0) is 6.42 Å². The van der Waals surface area contributed by atoms with Crippen LogP contribution in [0.2, 0.25) is 5.02 Å². The number of aromatic nitrogens is 2. The van der Waals surface area contributed by atoms with E-state index >= 15 is 0 Å². The van der Waals surface area contributed by atoms with Crippen molar-refractivity contribution in [1.29, 1.82) is 0 Å². The maximum absolute atomic E-state index is 10.9. The van der Waals surface area contributed by atoms with Gasteiger partial charge in [0, 0.05) is 24.1 Å². The van der Waals surface area contributed by atoms with Crippen molar-refractivity contribution in [3.05, 3.63) is 45.1 Å². The Morgan fingerprint density at radius 2 is 2.32 bits per heavy atom. The summed E-state index contributed by atoms with van der Waals surface area (Å²) >= 11 is 5.82. The van der Waals surface area contributed by atoms with E-state index in [4.69, 9.17) is 16.1 Å². The molecule has 2 rings (SSSR count). The topological polar surface area (TPSA) is 94.1 Å². The molecule has 100 valence electrons. The van der Waals surface area contributed by atoms with Crippen molar-refractivity contribution in [2.75, 3.05) is 11.9 Å². The van der Waals surface area contributed by atoms with Gasteiger partial charge in [0.2, 0.25) is 5.89 Å². The number of nitrogens with zero attached hydrogens (tertiary/aromatic N) is 3. The fraction of sp³-hybridized carbons (Fsp3) is 0.273. The molecule has 19 heavy (non-hydrogen) atoms. The first-order chi connectivity index (χ1) is 9.06. The van der Waals surface area contributed by atoms with Crippen LogP contribution < -0.4 is 5.32 Å². The molecule has 0 atom stereocenters. The molecule has 1 aromatic heterocycles. The Kier molecular flexibility index (Phi) is 3.96. The highest BCUT2D eigenvalue weighted by Crippen LogP contribution is 2.27. The van der Waals surface area contributed by atoms with Crippen molar-refractivity contribution >= 4 is 23.0 Å². The Bertz CT molecular complexity index is 599. The molecule has 0 saturated heterocycles. The van der Waals surface area contributed by atoms with Gasteiger partial charge >= 0.3 is 0 Å². The van der Waals surface area contributed by atoms with Gasteiger partial charge in [-0.2, -0.15) is 4.98 Å². The fourth-order valence-corrected chi connectivity index (χ4v) is 1.73. The molecule has 0 unspecified atom stereocenters. The van der Waals surface area contributed by atoms with E-state index in [1.807, 2.05) is 0 Å². The minimum atomic E-state index is -0.463. The van der Waals surface area contributed by atoms with Crippen LogP contribution in [0.3, 0.4) is 0 Å². The molecule has 0 aliphatic carbocycles. The van der Waals surface area contributed by atoms with Gasteiger partial charge in [0.15, 0.2) is 5.82 Å². The number of benzene rings is 1. The molecule has 2 aromatic rings. The Morgan fingerprint density at radius 1 is 1.53 bits per heavy atom. The maximum Gasteiger partial charge on any atom is 0.292 e. The second kappa shape index (κ2) is 5.66. The third-order valence-corrected chi connectivity index (χ3v) is 2.61. The number of hydrogen-bond acceptors (Lipinski definition) is 6. The Balaban J connectivity index is 2.02. The van der Waals surface area contributed by atoms with Crippen LogP contribution in [0.25, 0.3) is 0 Å². The van der Waals surface area contributed by atoms with Crippen LogP contribution in [0.5, 0.6) is 0 Å². The zero-order valence-corrected chi connectivity index (χ0v) is 10.8. The van der Waals surface area contributed by atoms with Crippen LogP contribution in [0.1, 0.15) is 11.7 Å². The average Bonchev–Trinajstić information content (AvgIpc) is 2.75. The number of nitro groups is 1. The summed E-state index contributed by atoms with van der Waals surface area (Å²) in [6.45, 7) is 2.16. The summed E-state index contributed by atoms with van der Waals surface area (Å²) in [7, 11) is 0. The van der Waals surface area contributed by atoms with Crippen molar-refractivity contribution < 1.29 is 9.45 Å². The Hall–Kier alpha value is -2.15. The van der Waals surface area contributed by atoms with Crippen molar-refractivity contribution in [2.24, 2.45) is 0 Å². The third-order valence-electron chi connectivity index (χ3n) is 2.38. The van der Waals surface area contributed by atoms with Gasteiger partial charge in [0.05, 0.1) is 4.92 Å². The van der Waals surface area contributed by atoms with Crippen LogP contribution in [0.15, 0.2) is 22.7 Å².